The first-order chi connectivity index (χ1) is 9.12. The fourth-order valence-electron chi connectivity index (χ4n) is 2.29. The maximum Gasteiger partial charge on any atom is 0.410 e. The Morgan fingerprint density at radius 2 is 2.00 bits per heavy atom. The molecule has 0 atom stereocenters. The monoisotopic (exact) mass is 296 g/mol. The molecule has 0 aromatic heterocycles. The van der Waals surface area contributed by atoms with Crippen molar-refractivity contribution in [3.63, 3.8) is 0 Å². The number of likely N-dealkylation sites (tertiary alicyclic amines) is 1. The van der Waals surface area contributed by atoms with Crippen molar-refractivity contribution in [3.8, 4) is 0 Å². The van der Waals surface area contributed by atoms with E-state index in [1.54, 1.807) is 4.90 Å². The van der Waals surface area contributed by atoms with Crippen molar-refractivity contribution in [3.05, 3.63) is 34.3 Å². The smallest absolute Gasteiger partial charge is 0.410 e. The highest BCUT2D eigenvalue weighted by Crippen LogP contribution is 2.36. The van der Waals surface area contributed by atoms with E-state index in [9.17, 15) is 4.79 Å². The van der Waals surface area contributed by atoms with Crippen LogP contribution in [-0.4, -0.2) is 29.7 Å². The van der Waals surface area contributed by atoms with Crippen molar-refractivity contribution in [1.29, 1.82) is 0 Å². The molecular weight excluding hydrogens is 276 g/mol. The number of nitrogens with two attached hydrogens (primary N) is 1. The second-order valence-electron chi connectivity index (χ2n) is 6.43. The first kappa shape index (κ1) is 15.1. The maximum absolute atomic E-state index is 11.9. The van der Waals surface area contributed by atoms with Crippen LogP contribution >= 0.6 is 11.6 Å². The second kappa shape index (κ2) is 4.93. The molecular formula is C15H21ClN2O2. The normalized spacial score (nSPS) is 17.6. The largest absolute Gasteiger partial charge is 0.444 e. The van der Waals surface area contributed by atoms with E-state index >= 15 is 0 Å². The number of nitrogens with zero attached hydrogens (tertiary/aromatic N) is 1. The summed E-state index contributed by atoms with van der Waals surface area (Å²) in [5.74, 6) is 0. The summed E-state index contributed by atoms with van der Waals surface area (Å²) in [6.45, 7) is 8.32. The molecule has 1 aliphatic heterocycles. The van der Waals surface area contributed by atoms with Crippen LogP contribution in [0.25, 0.3) is 0 Å². The zero-order valence-corrected chi connectivity index (χ0v) is 13.1. The van der Waals surface area contributed by atoms with Gasteiger partial charge in [0.25, 0.3) is 0 Å². The van der Waals surface area contributed by atoms with Crippen LogP contribution in [-0.2, 0) is 10.3 Å². The molecule has 0 aliphatic carbocycles. The quantitative estimate of drug-likeness (QED) is 0.866. The number of hydrogen-bond acceptors (Lipinski definition) is 3. The molecule has 0 radical (unpaired) electrons. The van der Waals surface area contributed by atoms with Gasteiger partial charge in [-0.25, -0.2) is 4.79 Å². The highest BCUT2D eigenvalue weighted by molar-refractivity contribution is 6.32. The van der Waals surface area contributed by atoms with E-state index in [0.29, 0.717) is 18.1 Å². The highest BCUT2D eigenvalue weighted by Gasteiger charge is 2.45. The summed E-state index contributed by atoms with van der Waals surface area (Å²) >= 11 is 6.31. The first-order valence-electron chi connectivity index (χ1n) is 6.65. The van der Waals surface area contributed by atoms with Gasteiger partial charge in [-0.1, -0.05) is 29.8 Å². The molecule has 1 aromatic carbocycles. The number of halogens is 1. The Bertz CT molecular complexity index is 531. The molecule has 2 N–H and O–H groups in total. The average molecular weight is 297 g/mol. The Labute approximate surface area is 124 Å². The van der Waals surface area contributed by atoms with E-state index in [0.717, 1.165) is 11.1 Å². The molecule has 20 heavy (non-hydrogen) atoms. The minimum Gasteiger partial charge on any atom is -0.444 e. The van der Waals surface area contributed by atoms with Gasteiger partial charge in [0.2, 0.25) is 0 Å². The molecule has 0 unspecified atom stereocenters. The van der Waals surface area contributed by atoms with Crippen molar-refractivity contribution in [2.45, 2.75) is 38.8 Å². The van der Waals surface area contributed by atoms with Crippen molar-refractivity contribution in [2.75, 3.05) is 13.1 Å². The topological polar surface area (TPSA) is 55.6 Å². The number of amides is 1. The molecule has 1 saturated heterocycles. The molecule has 0 saturated carbocycles. The number of carbonyl (C=O) groups excluding carboxylic acids is 1. The van der Waals surface area contributed by atoms with E-state index in [1.807, 2.05) is 45.9 Å². The Hall–Kier alpha value is -1.26. The molecule has 1 heterocycles. The van der Waals surface area contributed by atoms with Gasteiger partial charge in [0.1, 0.15) is 5.60 Å². The van der Waals surface area contributed by atoms with Crippen LogP contribution in [0.5, 0.6) is 0 Å². The van der Waals surface area contributed by atoms with Crippen molar-refractivity contribution < 1.29 is 9.53 Å². The highest BCUT2D eigenvalue weighted by atomic mass is 35.5. The number of benzene rings is 1. The molecule has 1 fully saturated rings. The Kier molecular flexibility index (Phi) is 3.73. The van der Waals surface area contributed by atoms with Crippen LogP contribution in [0.4, 0.5) is 4.79 Å². The first-order valence-corrected chi connectivity index (χ1v) is 7.03. The van der Waals surface area contributed by atoms with Crippen molar-refractivity contribution in [1.82, 2.24) is 4.90 Å². The van der Waals surface area contributed by atoms with E-state index in [4.69, 9.17) is 22.1 Å². The van der Waals surface area contributed by atoms with Crippen LogP contribution in [0.1, 0.15) is 31.9 Å². The van der Waals surface area contributed by atoms with Gasteiger partial charge in [-0.2, -0.15) is 0 Å². The van der Waals surface area contributed by atoms with Gasteiger partial charge in [-0.3, -0.25) is 0 Å². The van der Waals surface area contributed by atoms with E-state index < -0.39 is 11.1 Å². The Morgan fingerprint density at radius 3 is 2.55 bits per heavy atom. The van der Waals surface area contributed by atoms with E-state index in [-0.39, 0.29) is 6.09 Å². The van der Waals surface area contributed by atoms with Gasteiger partial charge in [0.05, 0.1) is 5.54 Å². The number of rotatable bonds is 1. The molecule has 5 heteroatoms. The lowest BCUT2D eigenvalue weighted by molar-refractivity contribution is -0.00887. The van der Waals surface area contributed by atoms with Gasteiger partial charge in [0, 0.05) is 18.1 Å². The molecule has 1 aliphatic rings. The van der Waals surface area contributed by atoms with Crippen LogP contribution in [0.2, 0.25) is 5.02 Å². The lowest BCUT2D eigenvalue weighted by atomic mass is 9.83. The van der Waals surface area contributed by atoms with Gasteiger partial charge < -0.3 is 15.4 Å². The summed E-state index contributed by atoms with van der Waals surface area (Å²) in [4.78, 5) is 13.5. The third kappa shape index (κ3) is 2.91. The summed E-state index contributed by atoms with van der Waals surface area (Å²) < 4.78 is 5.32. The SMILES string of the molecule is Cc1cccc(C2(N)CN(C(=O)OC(C)(C)C)C2)c1Cl. The van der Waals surface area contributed by atoms with E-state index in [1.165, 1.54) is 0 Å². The summed E-state index contributed by atoms with van der Waals surface area (Å²) in [5, 5.41) is 0.679. The predicted octanol–water partition coefficient (Wildman–Crippen LogP) is 3.05. The van der Waals surface area contributed by atoms with Gasteiger partial charge >= 0.3 is 6.09 Å². The second-order valence-corrected chi connectivity index (χ2v) is 6.81. The number of aryl methyl sites for hydroxylation is 1. The molecule has 0 spiro atoms. The standard InChI is InChI=1S/C15H21ClN2O2/c1-10-6-5-7-11(12(10)16)15(17)8-18(9-15)13(19)20-14(2,3)4/h5-7H,8-9,17H2,1-4H3. The zero-order valence-electron chi connectivity index (χ0n) is 12.4. The third-order valence-corrected chi connectivity index (χ3v) is 3.83. The van der Waals surface area contributed by atoms with Crippen LogP contribution in [0.15, 0.2) is 18.2 Å². The lowest BCUT2D eigenvalue weighted by Crippen LogP contribution is -2.66. The molecule has 2 rings (SSSR count). The van der Waals surface area contributed by atoms with Gasteiger partial charge in [0.15, 0.2) is 0 Å². The summed E-state index contributed by atoms with van der Waals surface area (Å²) in [6, 6.07) is 5.79. The minimum absolute atomic E-state index is 0.331. The molecule has 4 nitrogen and oxygen atoms in total. The maximum atomic E-state index is 11.9. The fourth-order valence-corrected chi connectivity index (χ4v) is 2.61. The molecule has 1 aromatic rings. The van der Waals surface area contributed by atoms with Crippen LogP contribution < -0.4 is 5.73 Å². The summed E-state index contributed by atoms with van der Waals surface area (Å²) in [7, 11) is 0. The third-order valence-electron chi connectivity index (χ3n) is 3.33. The lowest BCUT2D eigenvalue weighted by Gasteiger charge is -2.48. The summed E-state index contributed by atoms with van der Waals surface area (Å²) in [5.41, 5.74) is 7.15. The van der Waals surface area contributed by atoms with Gasteiger partial charge in [-0.15, -0.1) is 0 Å². The number of ether oxygens (including phenoxy) is 1. The Morgan fingerprint density at radius 1 is 1.40 bits per heavy atom. The van der Waals surface area contributed by atoms with Crippen molar-refractivity contribution in [2.24, 2.45) is 5.73 Å². The zero-order chi connectivity index (χ0) is 15.1. The minimum atomic E-state index is -0.583. The Balaban J connectivity index is 2.08. The summed E-state index contributed by atoms with van der Waals surface area (Å²) in [6.07, 6.45) is -0.331. The molecule has 1 amide bonds. The molecule has 110 valence electrons. The predicted molar refractivity (Wildman–Crippen MR) is 79.9 cm³/mol. The van der Waals surface area contributed by atoms with Crippen LogP contribution in [0.3, 0.4) is 0 Å². The number of hydrogen-bond donors (Lipinski definition) is 1. The van der Waals surface area contributed by atoms with Gasteiger partial charge in [-0.05, 0) is 38.8 Å². The average Bonchev–Trinajstić information content (AvgIpc) is 2.26. The number of carbonyl (C=O) groups is 1. The fraction of sp³-hybridized carbons (Fsp3) is 0.533. The van der Waals surface area contributed by atoms with Crippen LogP contribution in [0, 0.1) is 6.92 Å². The van der Waals surface area contributed by atoms with Crippen molar-refractivity contribution >= 4 is 17.7 Å². The molecule has 0 bridgehead atoms. The van der Waals surface area contributed by atoms with E-state index in [2.05, 4.69) is 0 Å².